The molecule has 0 radical (unpaired) electrons. The number of phosphoric ester groups is 1. The van der Waals surface area contributed by atoms with E-state index in [1.54, 1.807) is 0 Å². The first-order valence-electron chi connectivity index (χ1n) is 56.8. The SMILES string of the molecule is CCCCCCCCCCCCCC(C)C(=O)OC(CC(=O)NC1C(O)OC(COC2OC(CO)C(O[P+]([O-])(O)O)C(OC(=O)CC(OC(=O)C(C)CCCCCCCCCCC)C(C)CCCCCCCCC)C2NC(=O)CC(OC(=O)C(C)CCCCCCCCC)C(C)CCCCCCCCC)C(O)C1OC(=O)CCC(O)C(C)CCCCCCCCC)C(C)CCCCCCCCC. The van der Waals surface area contributed by atoms with E-state index in [-0.39, 0.29) is 37.0 Å². The second-order valence-corrected chi connectivity index (χ2v) is 43.2. The van der Waals surface area contributed by atoms with Crippen molar-refractivity contribution >= 4 is 49.8 Å². The summed E-state index contributed by atoms with van der Waals surface area (Å²) in [7, 11) is -5.68. The first-order valence-corrected chi connectivity index (χ1v) is 58.4. The van der Waals surface area contributed by atoms with E-state index >= 15 is 9.59 Å². The number of aliphatic hydroxyl groups is 4. The van der Waals surface area contributed by atoms with Crippen LogP contribution in [0.25, 0.3) is 0 Å². The number of unbranched alkanes of at least 4 members (excludes halogenated alkanes) is 48. The molecule has 21 atom stereocenters. The monoisotopic (exact) mass is 1970 g/mol. The molecule has 2 fully saturated rings. The second-order valence-electron chi connectivity index (χ2n) is 42.0. The molecule has 2 aliphatic heterocycles. The summed E-state index contributed by atoms with van der Waals surface area (Å²) in [5.41, 5.74) is 0. The number of carbonyl (C=O) groups is 7. The molecule has 0 aliphatic carbocycles. The van der Waals surface area contributed by atoms with Gasteiger partial charge in [0.2, 0.25) is 11.8 Å². The number of hydrogen-bond acceptors (Lipinski definition) is 23. The zero-order valence-electron chi connectivity index (χ0n) is 89.5. The van der Waals surface area contributed by atoms with Gasteiger partial charge in [-0.2, -0.15) is 14.3 Å². The number of ether oxygens (including phenoxy) is 8. The van der Waals surface area contributed by atoms with E-state index in [1.807, 2.05) is 48.5 Å². The number of phosphoric acid groups is 1. The van der Waals surface area contributed by atoms with Crippen LogP contribution in [0.4, 0.5) is 0 Å². The van der Waals surface area contributed by atoms with Crippen LogP contribution >= 0.6 is 8.17 Å². The Morgan fingerprint density at radius 2 is 0.628 bits per heavy atom. The van der Waals surface area contributed by atoms with Crippen LogP contribution in [0, 0.1) is 41.4 Å². The maximum absolute atomic E-state index is 15.5. The summed E-state index contributed by atoms with van der Waals surface area (Å²) in [6.07, 6.45) is 41.9. The minimum atomic E-state index is -5.68. The molecule has 806 valence electrons. The zero-order valence-corrected chi connectivity index (χ0v) is 90.4. The van der Waals surface area contributed by atoms with E-state index in [0.29, 0.717) is 44.9 Å². The van der Waals surface area contributed by atoms with Gasteiger partial charge in [-0.1, -0.05) is 450 Å². The lowest BCUT2D eigenvalue weighted by Crippen LogP contribution is -2.68. The summed E-state index contributed by atoms with van der Waals surface area (Å²) < 4.78 is 56.6. The maximum Gasteiger partial charge on any atom is 0.374 e. The summed E-state index contributed by atoms with van der Waals surface area (Å²) in [5.74, 6) is -7.73. The number of rotatable bonds is 91. The number of esters is 5. The van der Waals surface area contributed by atoms with Gasteiger partial charge in [0, 0.05) is 6.42 Å². The lowest BCUT2D eigenvalue weighted by molar-refractivity contribution is -0.307. The van der Waals surface area contributed by atoms with Crippen molar-refractivity contribution in [2.24, 2.45) is 41.4 Å². The summed E-state index contributed by atoms with van der Waals surface area (Å²) in [6, 6.07) is -3.56. The summed E-state index contributed by atoms with van der Waals surface area (Å²) in [4.78, 5) is 139. The molecule has 8 N–H and O–H groups in total. The van der Waals surface area contributed by atoms with Crippen molar-refractivity contribution in [2.75, 3.05) is 13.2 Å². The van der Waals surface area contributed by atoms with Gasteiger partial charge in [-0.3, -0.25) is 33.6 Å². The highest BCUT2D eigenvalue weighted by Crippen LogP contribution is 2.46. The van der Waals surface area contributed by atoms with Crippen LogP contribution in [-0.2, 0) is 76.0 Å². The van der Waals surface area contributed by atoms with Gasteiger partial charge in [0.15, 0.2) is 30.9 Å². The first kappa shape index (κ1) is 129. The van der Waals surface area contributed by atoms with Crippen LogP contribution in [0.15, 0.2) is 0 Å². The van der Waals surface area contributed by atoms with Crippen molar-refractivity contribution in [1.82, 2.24) is 10.6 Å². The highest BCUT2D eigenvalue weighted by molar-refractivity contribution is 7.51. The Kier molecular flexibility index (Phi) is 77.8. The summed E-state index contributed by atoms with van der Waals surface area (Å²) in [6.45, 7) is 26.5. The lowest BCUT2D eigenvalue weighted by Gasteiger charge is -2.46. The van der Waals surface area contributed by atoms with E-state index < -0.39 is 185 Å². The van der Waals surface area contributed by atoms with Crippen molar-refractivity contribution in [2.45, 2.75) is 613 Å². The molecule has 0 bridgehead atoms. The molecule has 0 aromatic carbocycles. The largest absolute Gasteiger partial charge is 0.606 e. The Hall–Kier alpha value is -3.72. The van der Waals surface area contributed by atoms with Gasteiger partial charge in [-0.15, -0.1) is 0 Å². The fourth-order valence-corrected chi connectivity index (χ4v) is 19.8. The molecule has 2 aliphatic rings. The van der Waals surface area contributed by atoms with E-state index in [0.717, 1.165) is 270 Å². The molecule has 137 heavy (non-hydrogen) atoms. The Balaban J connectivity index is 2.96. The second kappa shape index (κ2) is 82.5. The Morgan fingerprint density at radius 1 is 0.343 bits per heavy atom. The lowest BCUT2D eigenvalue weighted by atomic mass is 9.92. The van der Waals surface area contributed by atoms with Crippen LogP contribution in [0.5, 0.6) is 0 Å². The third-order valence-electron chi connectivity index (χ3n) is 29.0. The molecule has 21 unspecified atom stereocenters. The van der Waals surface area contributed by atoms with Crippen molar-refractivity contribution in [1.29, 1.82) is 0 Å². The van der Waals surface area contributed by atoms with Crippen molar-refractivity contribution in [3.8, 4) is 0 Å². The number of carbonyl (C=O) groups excluding carboxylic acids is 7. The molecular weight excluding hydrogens is 1760 g/mol. The highest BCUT2D eigenvalue weighted by Gasteiger charge is 2.56. The van der Waals surface area contributed by atoms with E-state index in [9.17, 15) is 59.1 Å². The molecule has 26 heteroatoms. The van der Waals surface area contributed by atoms with Crippen molar-refractivity contribution in [3.05, 3.63) is 0 Å². The zero-order chi connectivity index (χ0) is 101. The molecule has 25 nitrogen and oxygen atoms in total. The topological polar surface area (TPSA) is 371 Å². The fourth-order valence-electron chi connectivity index (χ4n) is 19.3. The Labute approximate surface area is 834 Å². The van der Waals surface area contributed by atoms with Crippen LogP contribution in [-0.4, -0.2) is 171 Å². The van der Waals surface area contributed by atoms with Crippen LogP contribution in [0.3, 0.4) is 0 Å². The average molecular weight is 1970 g/mol. The van der Waals surface area contributed by atoms with Gasteiger partial charge in [0.1, 0.15) is 48.7 Å². The molecule has 2 saturated heterocycles. The molecule has 0 spiro atoms. The van der Waals surface area contributed by atoms with E-state index in [2.05, 4.69) is 59.1 Å². The molecule has 2 rings (SSSR count). The highest BCUT2D eigenvalue weighted by atomic mass is 31.2. The van der Waals surface area contributed by atoms with Crippen LogP contribution in [0.2, 0.25) is 0 Å². The van der Waals surface area contributed by atoms with Gasteiger partial charge in [-0.05, 0) is 75.0 Å². The standard InChI is InChI=1S/C111H209N2O23P/c1-15-22-29-36-43-45-46-48-55-62-68-75-89(13)107(121)129-92(85(9)71-64-57-50-39-32-25-18-4)79-97(116)112-101-105(134-99(118)78-77-91(115)84(8)70-63-56-49-38-31-24-17-3)103(120)96(132-110(101)124)83-128-111-102(113-98(117)80-93(86(10)72-65-58-51-40-33-26-19-5)130-108(122)88(12)74-67-60-53-42-35-28-21-7)106(104(95(82-114)133-111)136-137(125,126)127)135-100(119)81-94(87(11)73-66-59-52-41-34-27-20-6)131-109(123)90(14)76-69-61-54-47-44-37-30-23-16-2/h84-96,101-106,110-111,114-115,120,124H,15-83H2,1-14H3,(H,112,116)(H,113,117)(H2,125,126,127). The molecule has 0 saturated carbocycles. The third-order valence-corrected chi connectivity index (χ3v) is 29.5. The summed E-state index contributed by atoms with van der Waals surface area (Å²) >= 11 is 0. The van der Waals surface area contributed by atoms with E-state index in [1.165, 1.54) is 83.5 Å². The smallest absolute Gasteiger partial charge is 0.374 e. The summed E-state index contributed by atoms with van der Waals surface area (Å²) in [5, 5.41) is 54.0. The number of nitrogens with one attached hydrogen (secondary N) is 2. The number of amides is 2. The normalized spacial score (nSPS) is 21.0. The quantitative estimate of drug-likeness (QED) is 0.0121. The fraction of sp³-hybridized carbons (Fsp3) is 0.937. The predicted molar refractivity (Wildman–Crippen MR) is 547 cm³/mol. The van der Waals surface area contributed by atoms with Gasteiger partial charge < -0.3 is 73.8 Å². The van der Waals surface area contributed by atoms with Crippen LogP contribution in [0.1, 0.15) is 527 Å². The molecular formula is C111H209N2O23P. The van der Waals surface area contributed by atoms with Gasteiger partial charge in [0.05, 0.1) is 56.3 Å². The Bertz CT molecular complexity index is 2970. The van der Waals surface area contributed by atoms with Gasteiger partial charge >= 0.3 is 38.0 Å². The minimum absolute atomic E-state index is 0.0254. The Morgan fingerprint density at radius 3 is 0.942 bits per heavy atom. The van der Waals surface area contributed by atoms with Crippen molar-refractivity contribution in [3.63, 3.8) is 0 Å². The molecule has 2 heterocycles. The van der Waals surface area contributed by atoms with Gasteiger partial charge in [0.25, 0.3) is 0 Å². The molecule has 2 amide bonds. The average Bonchev–Trinajstić information content (AvgIpc) is 0.775. The molecule has 0 aromatic rings. The minimum Gasteiger partial charge on any atom is -0.606 e. The number of hydrogen-bond donors (Lipinski definition) is 8. The van der Waals surface area contributed by atoms with E-state index in [4.69, 9.17) is 42.4 Å². The van der Waals surface area contributed by atoms with Gasteiger partial charge in [-0.25, -0.2) is 0 Å². The number of aliphatic hydroxyl groups excluding tert-OH is 4. The van der Waals surface area contributed by atoms with Crippen LogP contribution < -0.4 is 15.5 Å². The third kappa shape index (κ3) is 62.0. The first-order chi connectivity index (χ1) is 65.9. The molecule has 0 aromatic heterocycles. The maximum atomic E-state index is 15.5. The predicted octanol–water partition coefficient (Wildman–Crippen LogP) is 24.8. The van der Waals surface area contributed by atoms with Crippen molar-refractivity contribution < 1.29 is 111 Å².